The summed E-state index contributed by atoms with van der Waals surface area (Å²) < 4.78 is 11.2. The van der Waals surface area contributed by atoms with Crippen molar-refractivity contribution in [1.82, 2.24) is 4.90 Å². The SMILES string of the molecule is COc1ccc(Br)cc1/C=C/C(=O)N1CCOC(C(=O)O)C1. The zero-order valence-corrected chi connectivity index (χ0v) is 13.6. The summed E-state index contributed by atoms with van der Waals surface area (Å²) in [5.41, 5.74) is 0.758. The lowest BCUT2D eigenvalue weighted by Gasteiger charge is -2.30. The number of carbonyl (C=O) groups is 2. The highest BCUT2D eigenvalue weighted by molar-refractivity contribution is 9.10. The molecule has 0 aliphatic carbocycles. The molecule has 1 atom stereocenters. The van der Waals surface area contributed by atoms with Gasteiger partial charge in [0.2, 0.25) is 5.91 Å². The van der Waals surface area contributed by atoms with E-state index in [1.165, 1.54) is 11.0 Å². The van der Waals surface area contributed by atoms with Crippen LogP contribution in [0.5, 0.6) is 5.75 Å². The molecule has 1 aliphatic heterocycles. The van der Waals surface area contributed by atoms with Gasteiger partial charge in [0.15, 0.2) is 6.10 Å². The predicted octanol–water partition coefficient (Wildman–Crippen LogP) is 1.78. The van der Waals surface area contributed by atoms with Crippen molar-refractivity contribution in [2.75, 3.05) is 26.8 Å². The highest BCUT2D eigenvalue weighted by Gasteiger charge is 2.27. The van der Waals surface area contributed by atoms with E-state index in [2.05, 4.69) is 15.9 Å². The first-order chi connectivity index (χ1) is 10.5. The number of carbonyl (C=O) groups excluding carboxylic acids is 1. The van der Waals surface area contributed by atoms with Gasteiger partial charge in [-0.05, 0) is 24.3 Å². The number of halogens is 1. The van der Waals surface area contributed by atoms with E-state index in [-0.39, 0.29) is 19.1 Å². The van der Waals surface area contributed by atoms with Crippen LogP contribution in [0.2, 0.25) is 0 Å². The third-order valence-electron chi connectivity index (χ3n) is 3.25. The standard InChI is InChI=1S/C15H16BrNO5/c1-21-12-4-3-11(16)8-10(12)2-5-14(18)17-6-7-22-13(9-17)15(19)20/h2-5,8,13H,6-7,9H2,1H3,(H,19,20)/b5-2+. The average molecular weight is 370 g/mol. The fraction of sp³-hybridized carbons (Fsp3) is 0.333. The Labute approximate surface area is 136 Å². The average Bonchev–Trinajstić information content (AvgIpc) is 2.52. The van der Waals surface area contributed by atoms with E-state index >= 15 is 0 Å². The molecule has 1 fully saturated rings. The van der Waals surface area contributed by atoms with Crippen molar-refractivity contribution in [3.63, 3.8) is 0 Å². The zero-order chi connectivity index (χ0) is 16.1. The number of benzene rings is 1. The number of methoxy groups -OCH3 is 1. The smallest absolute Gasteiger partial charge is 0.334 e. The second-order valence-corrected chi connectivity index (χ2v) is 5.62. The first kappa shape index (κ1) is 16.5. The lowest BCUT2D eigenvalue weighted by Crippen LogP contribution is -2.48. The van der Waals surface area contributed by atoms with E-state index in [0.29, 0.717) is 12.3 Å². The van der Waals surface area contributed by atoms with Crippen molar-refractivity contribution < 1.29 is 24.2 Å². The lowest BCUT2D eigenvalue weighted by molar-refractivity contribution is -0.158. The van der Waals surface area contributed by atoms with E-state index < -0.39 is 12.1 Å². The van der Waals surface area contributed by atoms with Crippen LogP contribution in [-0.4, -0.2) is 54.8 Å². The Morgan fingerprint density at radius 3 is 2.95 bits per heavy atom. The Hall–Kier alpha value is -1.86. The highest BCUT2D eigenvalue weighted by Crippen LogP contribution is 2.24. The molecule has 0 saturated carbocycles. The van der Waals surface area contributed by atoms with Crippen LogP contribution in [0, 0.1) is 0 Å². The summed E-state index contributed by atoms with van der Waals surface area (Å²) in [4.78, 5) is 24.5. The number of amides is 1. The molecule has 118 valence electrons. The predicted molar refractivity (Wildman–Crippen MR) is 83.7 cm³/mol. The number of rotatable bonds is 4. The highest BCUT2D eigenvalue weighted by atomic mass is 79.9. The van der Waals surface area contributed by atoms with Crippen molar-refractivity contribution in [2.24, 2.45) is 0 Å². The molecule has 6 nitrogen and oxygen atoms in total. The molecule has 1 aliphatic rings. The number of hydrogen-bond donors (Lipinski definition) is 1. The van der Waals surface area contributed by atoms with Crippen LogP contribution in [-0.2, 0) is 14.3 Å². The van der Waals surface area contributed by atoms with Crippen molar-refractivity contribution in [3.8, 4) is 5.75 Å². The third kappa shape index (κ3) is 4.08. The summed E-state index contributed by atoms with van der Waals surface area (Å²) in [6, 6.07) is 5.48. The van der Waals surface area contributed by atoms with E-state index in [9.17, 15) is 9.59 Å². The molecule has 22 heavy (non-hydrogen) atoms. The molecule has 1 N–H and O–H groups in total. The number of nitrogens with zero attached hydrogens (tertiary/aromatic N) is 1. The van der Waals surface area contributed by atoms with Crippen molar-refractivity contribution in [1.29, 1.82) is 0 Å². The molecule has 7 heteroatoms. The Kier molecular flexibility index (Phi) is 5.57. The zero-order valence-electron chi connectivity index (χ0n) is 12.0. The van der Waals surface area contributed by atoms with Crippen LogP contribution < -0.4 is 4.74 Å². The number of ether oxygens (including phenoxy) is 2. The Morgan fingerprint density at radius 2 is 2.27 bits per heavy atom. The molecular weight excluding hydrogens is 354 g/mol. The molecule has 1 amide bonds. The van der Waals surface area contributed by atoms with Gasteiger partial charge in [0.05, 0.1) is 20.3 Å². The molecule has 0 aromatic heterocycles. The van der Waals surface area contributed by atoms with E-state index in [1.807, 2.05) is 12.1 Å². The van der Waals surface area contributed by atoms with Crippen LogP contribution in [0.25, 0.3) is 6.08 Å². The van der Waals surface area contributed by atoms with Gasteiger partial charge in [-0.1, -0.05) is 15.9 Å². The summed E-state index contributed by atoms with van der Waals surface area (Å²) >= 11 is 3.37. The number of hydrogen-bond acceptors (Lipinski definition) is 4. The maximum absolute atomic E-state index is 12.2. The molecule has 0 bridgehead atoms. The molecule has 1 aromatic rings. The Bertz CT molecular complexity index is 602. The van der Waals surface area contributed by atoms with Crippen LogP contribution in [0.3, 0.4) is 0 Å². The third-order valence-corrected chi connectivity index (χ3v) is 3.74. The first-order valence-corrected chi connectivity index (χ1v) is 7.45. The summed E-state index contributed by atoms with van der Waals surface area (Å²) in [6.07, 6.45) is 2.09. The van der Waals surface area contributed by atoms with Crippen LogP contribution >= 0.6 is 15.9 Å². The van der Waals surface area contributed by atoms with Gasteiger partial charge in [0.1, 0.15) is 5.75 Å². The fourth-order valence-corrected chi connectivity index (χ4v) is 2.48. The molecule has 0 spiro atoms. The monoisotopic (exact) mass is 369 g/mol. The van der Waals surface area contributed by atoms with Gasteiger partial charge >= 0.3 is 5.97 Å². The largest absolute Gasteiger partial charge is 0.496 e. The quantitative estimate of drug-likeness (QED) is 0.818. The molecule has 1 saturated heterocycles. The number of carboxylic acids is 1. The first-order valence-electron chi connectivity index (χ1n) is 6.66. The van der Waals surface area contributed by atoms with Crippen LogP contribution in [0.15, 0.2) is 28.7 Å². The van der Waals surface area contributed by atoms with E-state index in [4.69, 9.17) is 14.6 Å². The van der Waals surface area contributed by atoms with E-state index in [0.717, 1.165) is 10.0 Å². The van der Waals surface area contributed by atoms with Gasteiger partial charge < -0.3 is 19.5 Å². The topological polar surface area (TPSA) is 76.1 Å². The minimum Gasteiger partial charge on any atom is -0.496 e. The lowest BCUT2D eigenvalue weighted by atomic mass is 10.2. The second kappa shape index (κ2) is 7.42. The summed E-state index contributed by atoms with van der Waals surface area (Å²) in [7, 11) is 1.56. The van der Waals surface area contributed by atoms with Gasteiger partial charge in [-0.15, -0.1) is 0 Å². The Morgan fingerprint density at radius 1 is 1.50 bits per heavy atom. The minimum atomic E-state index is -1.06. The van der Waals surface area contributed by atoms with Gasteiger partial charge in [-0.3, -0.25) is 4.79 Å². The molecule has 1 unspecified atom stereocenters. The minimum absolute atomic E-state index is 0.0497. The maximum atomic E-state index is 12.2. The summed E-state index contributed by atoms with van der Waals surface area (Å²) in [5.74, 6) is -0.663. The summed E-state index contributed by atoms with van der Waals surface area (Å²) in [6.45, 7) is 0.646. The molecule has 2 rings (SSSR count). The number of morpholine rings is 1. The number of carboxylic acid groups (broad SMARTS) is 1. The molecule has 1 heterocycles. The van der Waals surface area contributed by atoms with Gasteiger partial charge in [0, 0.05) is 22.7 Å². The molecule has 1 aromatic carbocycles. The van der Waals surface area contributed by atoms with Gasteiger partial charge in [0.25, 0.3) is 0 Å². The van der Waals surface area contributed by atoms with Gasteiger partial charge in [-0.2, -0.15) is 0 Å². The van der Waals surface area contributed by atoms with Gasteiger partial charge in [-0.25, -0.2) is 4.79 Å². The molecular formula is C15H16BrNO5. The van der Waals surface area contributed by atoms with Crippen LogP contribution in [0.1, 0.15) is 5.56 Å². The normalized spacial score (nSPS) is 18.5. The van der Waals surface area contributed by atoms with Crippen molar-refractivity contribution in [2.45, 2.75) is 6.10 Å². The number of aliphatic carboxylic acids is 1. The van der Waals surface area contributed by atoms with Crippen molar-refractivity contribution in [3.05, 3.63) is 34.3 Å². The van der Waals surface area contributed by atoms with Crippen LogP contribution in [0.4, 0.5) is 0 Å². The molecule has 0 radical (unpaired) electrons. The van der Waals surface area contributed by atoms with Crippen molar-refractivity contribution >= 4 is 33.9 Å². The van der Waals surface area contributed by atoms with E-state index in [1.54, 1.807) is 19.3 Å². The second-order valence-electron chi connectivity index (χ2n) is 4.70. The summed E-state index contributed by atoms with van der Waals surface area (Å²) in [5, 5.41) is 8.94. The fourth-order valence-electron chi connectivity index (χ4n) is 2.10. The maximum Gasteiger partial charge on any atom is 0.334 e. The Balaban J connectivity index is 2.08.